The summed E-state index contributed by atoms with van der Waals surface area (Å²) in [5.74, 6) is -0.293. The number of hydrogen-bond donors (Lipinski definition) is 0. The van der Waals surface area contributed by atoms with Crippen LogP contribution >= 0.6 is 0 Å². The van der Waals surface area contributed by atoms with Gasteiger partial charge in [-0.05, 0) is 24.6 Å². The Balaban J connectivity index is 1.85. The maximum atomic E-state index is 12.6. The summed E-state index contributed by atoms with van der Waals surface area (Å²) in [6, 6.07) is 11.1. The van der Waals surface area contributed by atoms with E-state index in [1.165, 1.54) is 18.2 Å². The molecule has 0 heterocycles. The van der Waals surface area contributed by atoms with Crippen molar-refractivity contribution in [2.24, 2.45) is 0 Å². The molecule has 2 aromatic carbocycles. The molecule has 1 aliphatic rings. The summed E-state index contributed by atoms with van der Waals surface area (Å²) in [5.41, 5.74) is 1.29. The number of benzene rings is 2. The van der Waals surface area contributed by atoms with Crippen LogP contribution in [0.4, 0.5) is 4.79 Å². The molecule has 0 atom stereocenters. The number of rotatable bonds is 4. The Morgan fingerprint density at radius 2 is 1.54 bits per heavy atom. The molecule has 24 heavy (non-hydrogen) atoms. The maximum absolute atomic E-state index is 12.6. The van der Waals surface area contributed by atoms with E-state index >= 15 is 0 Å². The van der Waals surface area contributed by atoms with Crippen LogP contribution in [0.3, 0.4) is 0 Å². The van der Waals surface area contributed by atoms with Gasteiger partial charge in [0.05, 0.1) is 6.61 Å². The number of unbranched alkanes of at least 4 members (excludes halogenated alkanes) is 1. The molecule has 3 rings (SSSR count). The molecular weight excluding hydrogens is 308 g/mol. The van der Waals surface area contributed by atoms with Crippen molar-refractivity contribution < 1.29 is 23.9 Å². The van der Waals surface area contributed by atoms with E-state index in [1.807, 2.05) is 6.92 Å². The van der Waals surface area contributed by atoms with E-state index in [4.69, 9.17) is 9.47 Å². The Hall–Kier alpha value is -2.95. The van der Waals surface area contributed by atoms with Crippen LogP contribution in [0.15, 0.2) is 42.5 Å². The Bertz CT molecular complexity index is 822. The summed E-state index contributed by atoms with van der Waals surface area (Å²) >= 11 is 0. The van der Waals surface area contributed by atoms with Gasteiger partial charge in [-0.3, -0.25) is 9.59 Å². The van der Waals surface area contributed by atoms with Gasteiger partial charge >= 0.3 is 6.16 Å². The van der Waals surface area contributed by atoms with Gasteiger partial charge in [-0.15, -0.1) is 0 Å². The average Bonchev–Trinajstić information content (AvgIpc) is 2.60. The molecule has 5 nitrogen and oxygen atoms in total. The molecule has 0 saturated carbocycles. The summed E-state index contributed by atoms with van der Waals surface area (Å²) in [5, 5.41) is 0. The van der Waals surface area contributed by atoms with Crippen molar-refractivity contribution in [3.8, 4) is 5.75 Å². The monoisotopic (exact) mass is 324 g/mol. The van der Waals surface area contributed by atoms with Gasteiger partial charge in [0.1, 0.15) is 5.75 Å². The van der Waals surface area contributed by atoms with E-state index in [0.29, 0.717) is 16.7 Å². The van der Waals surface area contributed by atoms with Crippen LogP contribution in [0.25, 0.3) is 0 Å². The number of hydrogen-bond acceptors (Lipinski definition) is 5. The van der Waals surface area contributed by atoms with Crippen LogP contribution in [0.1, 0.15) is 51.6 Å². The van der Waals surface area contributed by atoms with Crippen LogP contribution in [-0.4, -0.2) is 24.3 Å². The van der Waals surface area contributed by atoms with Gasteiger partial charge in [0, 0.05) is 22.3 Å². The van der Waals surface area contributed by atoms with E-state index in [9.17, 15) is 14.4 Å². The van der Waals surface area contributed by atoms with Gasteiger partial charge in [-0.25, -0.2) is 4.79 Å². The molecule has 0 bridgehead atoms. The van der Waals surface area contributed by atoms with Gasteiger partial charge in [-0.1, -0.05) is 37.6 Å². The first kappa shape index (κ1) is 15.9. The van der Waals surface area contributed by atoms with Crippen molar-refractivity contribution in [3.63, 3.8) is 0 Å². The molecule has 0 amide bonds. The highest BCUT2D eigenvalue weighted by Crippen LogP contribution is 2.29. The van der Waals surface area contributed by atoms with E-state index in [1.54, 1.807) is 24.3 Å². The van der Waals surface area contributed by atoms with Crippen LogP contribution in [0, 0.1) is 0 Å². The molecule has 2 aromatic rings. The number of carbonyl (C=O) groups is 3. The molecule has 1 aliphatic carbocycles. The molecule has 0 aromatic heterocycles. The van der Waals surface area contributed by atoms with Gasteiger partial charge in [0.15, 0.2) is 11.6 Å². The lowest BCUT2D eigenvalue weighted by molar-refractivity contribution is 0.0964. The number of ketones is 2. The van der Waals surface area contributed by atoms with Crippen molar-refractivity contribution in [1.29, 1.82) is 0 Å². The summed E-state index contributed by atoms with van der Waals surface area (Å²) < 4.78 is 10.00. The number of fused-ring (bicyclic) bond motifs is 2. The van der Waals surface area contributed by atoms with Gasteiger partial charge in [0.2, 0.25) is 0 Å². The molecule has 122 valence electrons. The lowest BCUT2D eigenvalue weighted by Crippen LogP contribution is -2.21. The van der Waals surface area contributed by atoms with Crippen molar-refractivity contribution in [3.05, 3.63) is 64.7 Å². The molecule has 0 fully saturated rings. The molecule has 0 N–H and O–H groups in total. The second-order valence-corrected chi connectivity index (χ2v) is 5.47. The van der Waals surface area contributed by atoms with E-state index in [-0.39, 0.29) is 29.5 Å². The zero-order valence-corrected chi connectivity index (χ0v) is 13.2. The smallest absolute Gasteiger partial charge is 0.434 e. The third-order valence-electron chi connectivity index (χ3n) is 3.82. The third kappa shape index (κ3) is 2.93. The fraction of sp³-hybridized carbons (Fsp3) is 0.211. The summed E-state index contributed by atoms with van der Waals surface area (Å²) in [4.78, 5) is 36.7. The first-order valence-electron chi connectivity index (χ1n) is 7.79. The number of ether oxygens (including phenoxy) is 2. The Morgan fingerprint density at radius 3 is 2.21 bits per heavy atom. The Kier molecular flexibility index (Phi) is 4.42. The normalized spacial score (nSPS) is 12.4. The van der Waals surface area contributed by atoms with Crippen molar-refractivity contribution in [2.75, 3.05) is 6.61 Å². The van der Waals surface area contributed by atoms with Crippen molar-refractivity contribution in [2.45, 2.75) is 19.8 Å². The molecule has 0 radical (unpaired) electrons. The van der Waals surface area contributed by atoms with Crippen molar-refractivity contribution in [1.82, 2.24) is 0 Å². The van der Waals surface area contributed by atoms with Crippen LogP contribution in [0.2, 0.25) is 0 Å². The first-order chi connectivity index (χ1) is 11.6. The fourth-order valence-corrected chi connectivity index (χ4v) is 2.57. The highest BCUT2D eigenvalue weighted by atomic mass is 16.7. The second-order valence-electron chi connectivity index (χ2n) is 5.47. The van der Waals surface area contributed by atoms with E-state index < -0.39 is 6.16 Å². The minimum absolute atomic E-state index is 0.177. The summed E-state index contributed by atoms with van der Waals surface area (Å²) in [6.07, 6.45) is 0.837. The lowest BCUT2D eigenvalue weighted by atomic mass is 9.84. The van der Waals surface area contributed by atoms with Crippen molar-refractivity contribution >= 4 is 17.7 Å². The minimum Gasteiger partial charge on any atom is -0.434 e. The van der Waals surface area contributed by atoms with E-state index in [2.05, 4.69) is 0 Å². The van der Waals surface area contributed by atoms with Crippen LogP contribution in [-0.2, 0) is 4.74 Å². The average molecular weight is 324 g/mol. The summed E-state index contributed by atoms with van der Waals surface area (Å²) in [7, 11) is 0. The first-order valence-corrected chi connectivity index (χ1v) is 7.79. The molecule has 0 saturated heterocycles. The topological polar surface area (TPSA) is 69.7 Å². The predicted molar refractivity (Wildman–Crippen MR) is 86.6 cm³/mol. The quantitative estimate of drug-likeness (QED) is 0.415. The molecule has 5 heteroatoms. The highest BCUT2D eigenvalue weighted by Gasteiger charge is 2.29. The second kappa shape index (κ2) is 6.66. The van der Waals surface area contributed by atoms with E-state index in [0.717, 1.165) is 12.8 Å². The SMILES string of the molecule is CCCCOC(=O)Oc1ccc2c(c1)C(=O)c1ccccc1C2=O. The fourth-order valence-electron chi connectivity index (χ4n) is 2.57. The van der Waals surface area contributed by atoms with Crippen LogP contribution in [0.5, 0.6) is 5.75 Å². The highest BCUT2D eigenvalue weighted by molar-refractivity contribution is 6.28. The predicted octanol–water partition coefficient (Wildman–Crippen LogP) is 3.78. The molecule has 0 aliphatic heterocycles. The Morgan fingerprint density at radius 1 is 0.917 bits per heavy atom. The number of carbonyl (C=O) groups excluding carboxylic acids is 3. The largest absolute Gasteiger partial charge is 0.513 e. The van der Waals surface area contributed by atoms with Gasteiger partial charge in [0.25, 0.3) is 0 Å². The zero-order valence-electron chi connectivity index (χ0n) is 13.2. The Labute approximate surface area is 139 Å². The molecular formula is C19H16O5. The lowest BCUT2D eigenvalue weighted by Gasteiger charge is -2.17. The van der Waals surface area contributed by atoms with Crippen LogP contribution < -0.4 is 4.74 Å². The summed E-state index contributed by atoms with van der Waals surface area (Å²) in [6.45, 7) is 2.27. The third-order valence-corrected chi connectivity index (χ3v) is 3.82. The maximum Gasteiger partial charge on any atom is 0.513 e. The standard InChI is InChI=1S/C19H16O5/c1-2-3-10-23-19(22)24-12-8-9-15-16(11-12)18(21)14-7-5-4-6-13(14)17(15)20/h4-9,11H,2-3,10H2,1H3. The molecule has 0 spiro atoms. The molecule has 0 unspecified atom stereocenters. The minimum atomic E-state index is -0.821. The van der Waals surface area contributed by atoms with Gasteiger partial charge < -0.3 is 9.47 Å². The zero-order chi connectivity index (χ0) is 17.1. The van der Waals surface area contributed by atoms with Gasteiger partial charge in [-0.2, -0.15) is 0 Å².